The van der Waals surface area contributed by atoms with Crippen molar-refractivity contribution in [1.82, 2.24) is 5.32 Å². The molecule has 0 unspecified atom stereocenters. The smallest absolute Gasteiger partial charge is 0.0718 e. The Morgan fingerprint density at radius 1 is 1.00 bits per heavy atom. The second-order valence-electron chi connectivity index (χ2n) is 5.01. The van der Waals surface area contributed by atoms with Gasteiger partial charge in [-0.3, -0.25) is 0 Å². The number of methoxy groups -OCH3 is 1. The van der Waals surface area contributed by atoms with Crippen molar-refractivity contribution in [2.75, 3.05) is 40.1 Å². The first-order valence-electron chi connectivity index (χ1n) is 7.79. The average Bonchev–Trinajstić information content (AvgIpc) is 2.51. The Hall–Kier alpha value is -0.940. The number of ether oxygens (including phenoxy) is 3. The molecule has 1 aromatic carbocycles. The summed E-state index contributed by atoms with van der Waals surface area (Å²) < 4.78 is 16.0. The zero-order chi connectivity index (χ0) is 15.2. The molecular weight excluding hydrogens is 266 g/mol. The van der Waals surface area contributed by atoms with Crippen molar-refractivity contribution in [3.63, 3.8) is 0 Å². The van der Waals surface area contributed by atoms with Gasteiger partial charge in [0.1, 0.15) is 0 Å². The van der Waals surface area contributed by atoms with Gasteiger partial charge in [-0.15, -0.1) is 0 Å². The molecule has 120 valence electrons. The van der Waals surface area contributed by atoms with E-state index in [1.807, 2.05) is 0 Å². The molecule has 0 fully saturated rings. The van der Waals surface area contributed by atoms with Crippen LogP contribution in [0.1, 0.15) is 30.9 Å². The second-order valence-corrected chi connectivity index (χ2v) is 5.01. The van der Waals surface area contributed by atoms with Gasteiger partial charge in [-0.1, -0.05) is 31.2 Å². The van der Waals surface area contributed by atoms with E-state index in [0.717, 1.165) is 39.1 Å². The molecule has 0 saturated heterocycles. The molecule has 0 amide bonds. The molecule has 0 radical (unpaired) electrons. The molecule has 4 nitrogen and oxygen atoms in total. The van der Waals surface area contributed by atoms with Gasteiger partial charge in [-0.25, -0.2) is 0 Å². The van der Waals surface area contributed by atoms with Crippen LogP contribution < -0.4 is 5.32 Å². The lowest BCUT2D eigenvalue weighted by atomic mass is 10.1. The zero-order valence-electron chi connectivity index (χ0n) is 13.4. The molecule has 4 heteroatoms. The summed E-state index contributed by atoms with van der Waals surface area (Å²) in [5.41, 5.74) is 2.52. The summed E-state index contributed by atoms with van der Waals surface area (Å²) in [5, 5.41) is 3.41. The van der Waals surface area contributed by atoms with Gasteiger partial charge in [0, 0.05) is 26.9 Å². The van der Waals surface area contributed by atoms with Crippen LogP contribution in [-0.2, 0) is 27.4 Å². The normalized spacial score (nSPS) is 11.0. The topological polar surface area (TPSA) is 39.7 Å². The Balaban J connectivity index is 2.10. The third kappa shape index (κ3) is 9.58. The van der Waals surface area contributed by atoms with Crippen molar-refractivity contribution >= 4 is 0 Å². The van der Waals surface area contributed by atoms with E-state index in [0.29, 0.717) is 19.8 Å². The minimum atomic E-state index is 0.630. The van der Waals surface area contributed by atoms with Crippen LogP contribution in [0.2, 0.25) is 0 Å². The van der Waals surface area contributed by atoms with Gasteiger partial charge < -0.3 is 19.5 Å². The molecule has 0 atom stereocenters. The molecule has 0 aliphatic rings. The molecule has 1 aromatic rings. The Morgan fingerprint density at radius 2 is 1.81 bits per heavy atom. The fourth-order valence-electron chi connectivity index (χ4n) is 1.95. The molecule has 0 saturated carbocycles. The largest absolute Gasteiger partial charge is 0.385 e. The lowest BCUT2D eigenvalue weighted by Crippen LogP contribution is -2.13. The van der Waals surface area contributed by atoms with Gasteiger partial charge in [0.05, 0.1) is 19.8 Å². The number of hydrogen-bond donors (Lipinski definition) is 1. The standard InChI is InChI=1S/C17H29NO3/c1-3-8-18-14-16-6-4-7-17(13-16)15-21-12-11-20-10-5-9-19-2/h4,6-7,13,18H,3,5,8-12,14-15H2,1-2H3. The van der Waals surface area contributed by atoms with Gasteiger partial charge >= 0.3 is 0 Å². The van der Waals surface area contributed by atoms with E-state index in [9.17, 15) is 0 Å². The molecule has 0 aliphatic carbocycles. The highest BCUT2D eigenvalue weighted by Crippen LogP contribution is 2.06. The van der Waals surface area contributed by atoms with E-state index in [1.54, 1.807) is 7.11 Å². The fraction of sp³-hybridized carbons (Fsp3) is 0.647. The van der Waals surface area contributed by atoms with Crippen molar-refractivity contribution in [2.45, 2.75) is 32.9 Å². The predicted molar refractivity (Wildman–Crippen MR) is 85.4 cm³/mol. The minimum absolute atomic E-state index is 0.630. The van der Waals surface area contributed by atoms with Crippen molar-refractivity contribution < 1.29 is 14.2 Å². The third-order valence-corrected chi connectivity index (χ3v) is 3.03. The molecule has 1 N–H and O–H groups in total. The summed E-state index contributed by atoms with van der Waals surface area (Å²) in [6, 6.07) is 8.53. The molecular formula is C17H29NO3. The van der Waals surface area contributed by atoms with Crippen LogP contribution in [0.3, 0.4) is 0 Å². The first-order chi connectivity index (χ1) is 10.4. The molecule has 21 heavy (non-hydrogen) atoms. The van der Waals surface area contributed by atoms with Gasteiger partial charge in [0.2, 0.25) is 0 Å². The lowest BCUT2D eigenvalue weighted by molar-refractivity contribution is 0.0337. The van der Waals surface area contributed by atoms with Crippen molar-refractivity contribution in [3.8, 4) is 0 Å². The fourth-order valence-corrected chi connectivity index (χ4v) is 1.95. The minimum Gasteiger partial charge on any atom is -0.385 e. The Kier molecular flexibility index (Phi) is 11.0. The van der Waals surface area contributed by atoms with Gasteiger partial charge in [0.15, 0.2) is 0 Å². The highest BCUT2D eigenvalue weighted by molar-refractivity contribution is 5.22. The SMILES string of the molecule is CCCNCc1cccc(COCCOCCCOC)c1. The van der Waals surface area contributed by atoms with Crippen LogP contribution in [0.25, 0.3) is 0 Å². The van der Waals surface area contributed by atoms with Crippen LogP contribution in [0.15, 0.2) is 24.3 Å². The van der Waals surface area contributed by atoms with Gasteiger partial charge in [0.25, 0.3) is 0 Å². The van der Waals surface area contributed by atoms with E-state index in [-0.39, 0.29) is 0 Å². The average molecular weight is 295 g/mol. The van der Waals surface area contributed by atoms with Crippen LogP contribution in [-0.4, -0.2) is 40.1 Å². The lowest BCUT2D eigenvalue weighted by Gasteiger charge is -2.08. The van der Waals surface area contributed by atoms with Crippen LogP contribution >= 0.6 is 0 Å². The van der Waals surface area contributed by atoms with E-state index >= 15 is 0 Å². The first kappa shape index (κ1) is 18.1. The monoisotopic (exact) mass is 295 g/mol. The maximum absolute atomic E-state index is 5.63. The van der Waals surface area contributed by atoms with E-state index in [1.165, 1.54) is 11.1 Å². The number of benzene rings is 1. The van der Waals surface area contributed by atoms with Gasteiger partial charge in [-0.2, -0.15) is 0 Å². The van der Waals surface area contributed by atoms with Crippen molar-refractivity contribution in [3.05, 3.63) is 35.4 Å². The zero-order valence-corrected chi connectivity index (χ0v) is 13.4. The summed E-state index contributed by atoms with van der Waals surface area (Å²) in [6.07, 6.45) is 2.09. The van der Waals surface area contributed by atoms with Crippen molar-refractivity contribution in [1.29, 1.82) is 0 Å². The Labute approximate surface area is 128 Å². The van der Waals surface area contributed by atoms with Crippen LogP contribution in [0, 0.1) is 0 Å². The van der Waals surface area contributed by atoms with Gasteiger partial charge in [-0.05, 0) is 30.5 Å². The number of rotatable bonds is 13. The summed E-state index contributed by atoms with van der Waals surface area (Å²) in [7, 11) is 1.70. The van der Waals surface area contributed by atoms with Crippen LogP contribution in [0.4, 0.5) is 0 Å². The quantitative estimate of drug-likeness (QED) is 0.568. The van der Waals surface area contributed by atoms with E-state index in [2.05, 4.69) is 36.5 Å². The molecule has 0 heterocycles. The van der Waals surface area contributed by atoms with E-state index in [4.69, 9.17) is 14.2 Å². The second kappa shape index (κ2) is 12.8. The predicted octanol–water partition coefficient (Wildman–Crippen LogP) is 2.76. The third-order valence-electron chi connectivity index (χ3n) is 3.03. The maximum Gasteiger partial charge on any atom is 0.0718 e. The first-order valence-corrected chi connectivity index (χ1v) is 7.79. The molecule has 0 aromatic heterocycles. The maximum atomic E-state index is 5.63. The van der Waals surface area contributed by atoms with E-state index < -0.39 is 0 Å². The Bertz CT molecular complexity index is 358. The molecule has 0 spiro atoms. The number of hydrogen-bond acceptors (Lipinski definition) is 4. The summed E-state index contributed by atoms with van der Waals surface area (Å²) in [4.78, 5) is 0. The highest BCUT2D eigenvalue weighted by Gasteiger charge is 1.97. The summed E-state index contributed by atoms with van der Waals surface area (Å²) in [6.45, 7) is 7.55. The highest BCUT2D eigenvalue weighted by atomic mass is 16.5. The van der Waals surface area contributed by atoms with Crippen molar-refractivity contribution in [2.24, 2.45) is 0 Å². The summed E-state index contributed by atoms with van der Waals surface area (Å²) in [5.74, 6) is 0. The summed E-state index contributed by atoms with van der Waals surface area (Å²) >= 11 is 0. The molecule has 1 rings (SSSR count). The van der Waals surface area contributed by atoms with Crippen LogP contribution in [0.5, 0.6) is 0 Å². The molecule has 0 aliphatic heterocycles. The Morgan fingerprint density at radius 3 is 2.62 bits per heavy atom. The molecule has 0 bridgehead atoms. The number of nitrogens with one attached hydrogen (secondary N) is 1.